The smallest absolute Gasteiger partial charge is 0.244 e. The number of hydrogen-bond acceptors (Lipinski definition) is 3. The number of aromatic amines is 2. The van der Waals surface area contributed by atoms with Gasteiger partial charge in [-0.25, -0.2) is 13.1 Å². The maximum Gasteiger partial charge on any atom is 0.244 e. The number of H-pyrrole nitrogens is 2. The van der Waals surface area contributed by atoms with Gasteiger partial charge in [-0.1, -0.05) is 18.2 Å². The van der Waals surface area contributed by atoms with Gasteiger partial charge in [0.15, 0.2) is 0 Å². The summed E-state index contributed by atoms with van der Waals surface area (Å²) in [5.41, 5.74) is 4.64. The molecule has 0 aliphatic heterocycles. The Bertz CT molecular complexity index is 997. The molecule has 3 aromatic rings. The molecule has 0 amide bonds. The van der Waals surface area contributed by atoms with Crippen LogP contribution in [-0.2, 0) is 22.9 Å². The van der Waals surface area contributed by atoms with E-state index < -0.39 is 10.0 Å². The Kier molecular flexibility index (Phi) is 3.51. The number of rotatable bonds is 3. The van der Waals surface area contributed by atoms with Gasteiger partial charge in [-0.3, -0.25) is 5.10 Å². The molecule has 1 aliphatic rings. The van der Waals surface area contributed by atoms with E-state index in [1.54, 1.807) is 13.8 Å². The van der Waals surface area contributed by atoms with E-state index in [2.05, 4.69) is 32.0 Å². The van der Waals surface area contributed by atoms with Gasteiger partial charge in [-0.15, -0.1) is 0 Å². The first-order chi connectivity index (χ1) is 11.5. The highest BCUT2D eigenvalue weighted by Gasteiger charge is 2.29. The number of nitrogens with zero attached hydrogens (tertiary/aromatic N) is 1. The number of nitrogens with one attached hydrogen (secondary N) is 3. The van der Waals surface area contributed by atoms with Crippen LogP contribution in [0.2, 0.25) is 0 Å². The minimum absolute atomic E-state index is 0.107. The number of aromatic nitrogens is 3. The van der Waals surface area contributed by atoms with Crippen molar-refractivity contribution in [3.05, 3.63) is 46.9 Å². The molecule has 6 nitrogen and oxygen atoms in total. The van der Waals surface area contributed by atoms with Crippen molar-refractivity contribution in [2.24, 2.45) is 0 Å². The molecule has 0 fully saturated rings. The van der Waals surface area contributed by atoms with Crippen LogP contribution in [0, 0.1) is 13.8 Å². The Morgan fingerprint density at radius 3 is 2.79 bits per heavy atom. The van der Waals surface area contributed by atoms with Gasteiger partial charge in [-0.2, -0.15) is 5.10 Å². The van der Waals surface area contributed by atoms with E-state index in [0.29, 0.717) is 17.8 Å². The Morgan fingerprint density at radius 1 is 1.25 bits per heavy atom. The average Bonchev–Trinajstić information content (AvgIpc) is 3.06. The standard InChI is InChI=1S/C17H20N4O2S/c1-10-17(11(2)20-19-10)24(22,23)21-12-7-8-14-13-5-3-4-6-15(13)18-16(14)9-12/h3-6,12,18,21H,7-9H2,1-2H3,(H,19,20). The molecule has 0 saturated heterocycles. The molecule has 0 radical (unpaired) electrons. The van der Waals surface area contributed by atoms with E-state index in [1.165, 1.54) is 10.9 Å². The van der Waals surface area contributed by atoms with E-state index in [-0.39, 0.29) is 10.9 Å². The van der Waals surface area contributed by atoms with E-state index in [1.807, 2.05) is 12.1 Å². The molecule has 126 valence electrons. The van der Waals surface area contributed by atoms with Crippen LogP contribution in [0.3, 0.4) is 0 Å². The number of sulfonamides is 1. The first-order valence-electron chi connectivity index (χ1n) is 8.08. The van der Waals surface area contributed by atoms with Crippen LogP contribution in [0.4, 0.5) is 0 Å². The molecule has 2 aromatic heterocycles. The zero-order chi connectivity index (χ0) is 16.9. The van der Waals surface area contributed by atoms with Gasteiger partial charge < -0.3 is 4.98 Å². The lowest BCUT2D eigenvalue weighted by Crippen LogP contribution is -2.39. The Hall–Kier alpha value is -2.12. The van der Waals surface area contributed by atoms with Gasteiger partial charge >= 0.3 is 0 Å². The summed E-state index contributed by atoms with van der Waals surface area (Å²) >= 11 is 0. The van der Waals surface area contributed by atoms with Crippen molar-refractivity contribution in [1.82, 2.24) is 19.9 Å². The summed E-state index contributed by atoms with van der Waals surface area (Å²) in [6.45, 7) is 3.43. The molecule has 4 rings (SSSR count). The summed E-state index contributed by atoms with van der Waals surface area (Å²) in [7, 11) is -3.57. The van der Waals surface area contributed by atoms with Crippen molar-refractivity contribution in [3.63, 3.8) is 0 Å². The van der Waals surface area contributed by atoms with Crippen molar-refractivity contribution in [2.45, 2.75) is 44.0 Å². The first kappa shape index (κ1) is 15.4. The van der Waals surface area contributed by atoms with Gasteiger partial charge in [0.25, 0.3) is 0 Å². The molecule has 2 heterocycles. The summed E-state index contributed by atoms with van der Waals surface area (Å²) in [6.07, 6.45) is 2.35. The number of aryl methyl sites for hydroxylation is 3. The van der Waals surface area contributed by atoms with Gasteiger partial charge in [0.2, 0.25) is 10.0 Å². The maximum atomic E-state index is 12.7. The summed E-state index contributed by atoms with van der Waals surface area (Å²) in [5, 5.41) is 7.97. The van der Waals surface area contributed by atoms with Crippen molar-refractivity contribution in [1.29, 1.82) is 0 Å². The largest absolute Gasteiger partial charge is 0.358 e. The second-order valence-corrected chi connectivity index (χ2v) is 8.10. The highest BCUT2D eigenvalue weighted by atomic mass is 32.2. The van der Waals surface area contributed by atoms with Crippen LogP contribution in [0.1, 0.15) is 29.1 Å². The topological polar surface area (TPSA) is 90.6 Å². The predicted molar refractivity (Wildman–Crippen MR) is 92.5 cm³/mol. The van der Waals surface area contributed by atoms with Crippen molar-refractivity contribution >= 4 is 20.9 Å². The molecule has 1 aromatic carbocycles. The van der Waals surface area contributed by atoms with E-state index in [4.69, 9.17) is 0 Å². The quantitative estimate of drug-likeness (QED) is 0.681. The van der Waals surface area contributed by atoms with Crippen LogP contribution in [0.15, 0.2) is 29.2 Å². The van der Waals surface area contributed by atoms with Crippen LogP contribution < -0.4 is 4.72 Å². The highest BCUT2D eigenvalue weighted by molar-refractivity contribution is 7.89. The van der Waals surface area contributed by atoms with Gasteiger partial charge in [-0.05, 0) is 38.3 Å². The van der Waals surface area contributed by atoms with Gasteiger partial charge in [0.05, 0.1) is 11.4 Å². The highest BCUT2D eigenvalue weighted by Crippen LogP contribution is 2.29. The lowest BCUT2D eigenvalue weighted by atomic mass is 9.92. The third-order valence-corrected chi connectivity index (χ3v) is 6.53. The molecule has 0 saturated carbocycles. The summed E-state index contributed by atoms with van der Waals surface area (Å²) in [4.78, 5) is 3.70. The number of benzene rings is 1. The van der Waals surface area contributed by atoms with Crippen LogP contribution in [-0.4, -0.2) is 29.6 Å². The monoisotopic (exact) mass is 344 g/mol. The van der Waals surface area contributed by atoms with Crippen LogP contribution >= 0.6 is 0 Å². The molecule has 3 N–H and O–H groups in total. The third-order valence-electron chi connectivity index (χ3n) is 4.75. The van der Waals surface area contributed by atoms with E-state index in [9.17, 15) is 8.42 Å². The first-order valence-corrected chi connectivity index (χ1v) is 9.56. The fraction of sp³-hybridized carbons (Fsp3) is 0.353. The van der Waals surface area contributed by atoms with Crippen molar-refractivity contribution in [3.8, 4) is 0 Å². The molecular formula is C17H20N4O2S. The third kappa shape index (κ3) is 2.44. The molecule has 1 unspecified atom stereocenters. The lowest BCUT2D eigenvalue weighted by Gasteiger charge is -2.23. The fourth-order valence-corrected chi connectivity index (χ4v) is 5.34. The average molecular weight is 344 g/mol. The molecule has 1 atom stereocenters. The SMILES string of the molecule is Cc1n[nH]c(C)c1S(=O)(=O)NC1CCc2c([nH]c3ccccc23)C1. The van der Waals surface area contributed by atoms with Crippen LogP contribution in [0.5, 0.6) is 0 Å². The molecule has 1 aliphatic carbocycles. The summed E-state index contributed by atoms with van der Waals surface area (Å²) in [5.74, 6) is 0. The number of para-hydroxylation sites is 1. The fourth-order valence-electron chi connectivity index (χ4n) is 3.70. The number of fused-ring (bicyclic) bond motifs is 3. The predicted octanol–water partition coefficient (Wildman–Crippen LogP) is 2.34. The molecule has 0 spiro atoms. The summed E-state index contributed by atoms with van der Waals surface area (Å²) in [6, 6.07) is 8.12. The zero-order valence-electron chi connectivity index (χ0n) is 13.7. The van der Waals surface area contributed by atoms with E-state index >= 15 is 0 Å². The van der Waals surface area contributed by atoms with Gasteiger partial charge in [0, 0.05) is 29.1 Å². The number of hydrogen-bond donors (Lipinski definition) is 3. The Labute approximate surface area is 140 Å². The van der Waals surface area contributed by atoms with Crippen molar-refractivity contribution < 1.29 is 8.42 Å². The second-order valence-electron chi connectivity index (χ2n) is 6.45. The van der Waals surface area contributed by atoms with Crippen molar-refractivity contribution in [2.75, 3.05) is 0 Å². The lowest BCUT2D eigenvalue weighted by molar-refractivity contribution is 0.505. The maximum absolute atomic E-state index is 12.7. The van der Waals surface area contributed by atoms with Crippen LogP contribution in [0.25, 0.3) is 10.9 Å². The van der Waals surface area contributed by atoms with Gasteiger partial charge in [0.1, 0.15) is 4.90 Å². The normalized spacial score (nSPS) is 18.0. The Morgan fingerprint density at radius 2 is 2.04 bits per heavy atom. The summed E-state index contributed by atoms with van der Waals surface area (Å²) < 4.78 is 28.3. The minimum atomic E-state index is -3.57. The molecule has 24 heavy (non-hydrogen) atoms. The van der Waals surface area contributed by atoms with E-state index in [0.717, 1.165) is 24.1 Å². The zero-order valence-corrected chi connectivity index (χ0v) is 14.5. The minimum Gasteiger partial charge on any atom is -0.358 e. The molecule has 7 heteroatoms. The molecule has 0 bridgehead atoms. The second kappa shape index (κ2) is 5.46. The Balaban J connectivity index is 1.61. The molecular weight excluding hydrogens is 324 g/mol.